The van der Waals surface area contributed by atoms with E-state index in [9.17, 15) is 4.79 Å². The van der Waals surface area contributed by atoms with Crippen LogP contribution in [-0.2, 0) is 0 Å². The van der Waals surface area contributed by atoms with E-state index in [4.69, 9.17) is 21.1 Å². The maximum Gasteiger partial charge on any atom is 0.172 e. The first-order valence-corrected chi connectivity index (χ1v) is 7.01. The van der Waals surface area contributed by atoms with Gasteiger partial charge in [0.05, 0.1) is 18.8 Å². The summed E-state index contributed by atoms with van der Waals surface area (Å²) in [7, 11) is 1.55. The molecule has 0 radical (unpaired) electrons. The molecule has 104 valence electrons. The third kappa shape index (κ3) is 3.41. The third-order valence-corrected chi connectivity index (χ3v) is 3.79. The molecule has 0 saturated heterocycles. The zero-order valence-corrected chi connectivity index (χ0v) is 12.1. The quantitative estimate of drug-likeness (QED) is 0.779. The molecule has 1 aromatic rings. The topological polar surface area (TPSA) is 35.5 Å². The molecule has 1 aromatic carbocycles. The molecule has 0 amide bonds. The molecule has 1 aliphatic carbocycles. The Morgan fingerprint density at radius 1 is 1.37 bits per heavy atom. The number of rotatable bonds is 4. The zero-order valence-electron chi connectivity index (χ0n) is 11.3. The molecule has 1 fully saturated rings. The van der Waals surface area contributed by atoms with E-state index in [1.165, 1.54) is 6.42 Å². The van der Waals surface area contributed by atoms with Crippen LogP contribution in [0.4, 0.5) is 0 Å². The van der Waals surface area contributed by atoms with Crippen molar-refractivity contribution < 1.29 is 14.3 Å². The number of hydrogen-bond acceptors (Lipinski definition) is 3. The van der Waals surface area contributed by atoms with Gasteiger partial charge in [-0.1, -0.05) is 24.9 Å². The number of carbonyl (C=O) groups excluding carboxylic acids is 1. The van der Waals surface area contributed by atoms with Crippen molar-refractivity contribution in [2.75, 3.05) is 7.11 Å². The van der Waals surface area contributed by atoms with Gasteiger partial charge in [-0.15, -0.1) is 0 Å². The normalized spacial score (nSPS) is 22.9. The lowest BCUT2D eigenvalue weighted by atomic mass is 9.88. The Labute approximate surface area is 118 Å². The van der Waals surface area contributed by atoms with Crippen LogP contribution in [0.25, 0.3) is 0 Å². The summed E-state index contributed by atoms with van der Waals surface area (Å²) in [5.41, 5.74) is 0.447. The first-order valence-electron chi connectivity index (χ1n) is 6.63. The summed E-state index contributed by atoms with van der Waals surface area (Å²) in [5, 5.41) is 0.475. The lowest BCUT2D eigenvalue weighted by molar-refractivity contribution is 0.109. The second-order valence-corrected chi connectivity index (χ2v) is 5.59. The molecule has 2 rings (SSSR count). The molecule has 0 bridgehead atoms. The summed E-state index contributed by atoms with van der Waals surface area (Å²) in [6.07, 6.45) is 5.36. The number of hydrogen-bond donors (Lipinski definition) is 0. The average molecular weight is 283 g/mol. The fourth-order valence-electron chi connectivity index (χ4n) is 2.61. The van der Waals surface area contributed by atoms with Crippen molar-refractivity contribution in [3.8, 4) is 11.5 Å². The molecule has 0 heterocycles. The Kier molecular flexibility index (Phi) is 4.70. The molecule has 0 spiro atoms. The van der Waals surface area contributed by atoms with Crippen LogP contribution in [0.3, 0.4) is 0 Å². The standard InChI is InChI=1S/C15H19ClO3/c1-10-4-3-5-13(6-10)19-15-11(9-17)7-12(16)8-14(15)18-2/h7-10,13H,3-6H2,1-2H3. The van der Waals surface area contributed by atoms with E-state index in [2.05, 4.69) is 6.92 Å². The SMILES string of the molecule is COc1cc(Cl)cc(C=O)c1OC1CCCC(C)C1. The predicted molar refractivity (Wildman–Crippen MR) is 75.4 cm³/mol. The van der Waals surface area contributed by atoms with E-state index in [-0.39, 0.29) is 6.10 Å². The highest BCUT2D eigenvalue weighted by Crippen LogP contribution is 2.37. The molecule has 2 unspecified atom stereocenters. The second-order valence-electron chi connectivity index (χ2n) is 5.16. The maximum absolute atomic E-state index is 11.2. The molecule has 2 atom stereocenters. The van der Waals surface area contributed by atoms with Crippen LogP contribution in [0.5, 0.6) is 11.5 Å². The van der Waals surface area contributed by atoms with Crippen molar-refractivity contribution in [3.05, 3.63) is 22.7 Å². The highest BCUT2D eigenvalue weighted by molar-refractivity contribution is 6.31. The lowest BCUT2D eigenvalue weighted by Crippen LogP contribution is -2.24. The molecule has 1 aliphatic rings. The Bertz CT molecular complexity index is 459. The van der Waals surface area contributed by atoms with E-state index in [0.717, 1.165) is 25.5 Å². The highest BCUT2D eigenvalue weighted by Gasteiger charge is 2.23. The van der Waals surface area contributed by atoms with Crippen LogP contribution >= 0.6 is 11.6 Å². The Morgan fingerprint density at radius 3 is 2.79 bits per heavy atom. The Balaban J connectivity index is 2.25. The van der Waals surface area contributed by atoms with Gasteiger partial charge in [-0.05, 0) is 31.2 Å². The minimum absolute atomic E-state index is 0.150. The van der Waals surface area contributed by atoms with Crippen molar-refractivity contribution >= 4 is 17.9 Å². The van der Waals surface area contributed by atoms with E-state index < -0.39 is 0 Å². The van der Waals surface area contributed by atoms with Gasteiger partial charge in [0, 0.05) is 11.1 Å². The van der Waals surface area contributed by atoms with Gasteiger partial charge < -0.3 is 9.47 Å². The van der Waals surface area contributed by atoms with Gasteiger partial charge >= 0.3 is 0 Å². The number of halogens is 1. The molecule has 19 heavy (non-hydrogen) atoms. The lowest BCUT2D eigenvalue weighted by Gasteiger charge is -2.28. The van der Waals surface area contributed by atoms with Gasteiger partial charge in [-0.3, -0.25) is 4.79 Å². The fraction of sp³-hybridized carbons (Fsp3) is 0.533. The molecular weight excluding hydrogens is 264 g/mol. The van der Waals surface area contributed by atoms with Crippen LogP contribution in [0.2, 0.25) is 5.02 Å². The van der Waals surface area contributed by atoms with Gasteiger partial charge in [-0.25, -0.2) is 0 Å². The van der Waals surface area contributed by atoms with Crippen LogP contribution in [0.15, 0.2) is 12.1 Å². The molecule has 3 nitrogen and oxygen atoms in total. The van der Waals surface area contributed by atoms with Gasteiger partial charge in [0.15, 0.2) is 17.8 Å². The van der Waals surface area contributed by atoms with E-state index in [1.807, 2.05) is 0 Å². The Morgan fingerprint density at radius 2 is 2.16 bits per heavy atom. The van der Waals surface area contributed by atoms with Gasteiger partial charge in [0.2, 0.25) is 0 Å². The molecule has 1 saturated carbocycles. The predicted octanol–water partition coefficient (Wildman–Crippen LogP) is 4.12. The summed E-state index contributed by atoms with van der Waals surface area (Å²) in [6.45, 7) is 2.23. The second kappa shape index (κ2) is 6.29. The molecular formula is C15H19ClO3. The van der Waals surface area contributed by atoms with E-state index in [0.29, 0.717) is 28.0 Å². The highest BCUT2D eigenvalue weighted by atomic mass is 35.5. The van der Waals surface area contributed by atoms with E-state index >= 15 is 0 Å². The first kappa shape index (κ1) is 14.2. The molecule has 0 N–H and O–H groups in total. The summed E-state index contributed by atoms with van der Waals surface area (Å²) in [5.74, 6) is 1.70. The average Bonchev–Trinajstić information content (AvgIpc) is 2.40. The first-order chi connectivity index (χ1) is 9.13. The fourth-order valence-corrected chi connectivity index (χ4v) is 2.82. The number of carbonyl (C=O) groups is 1. The summed E-state index contributed by atoms with van der Waals surface area (Å²) < 4.78 is 11.3. The van der Waals surface area contributed by atoms with E-state index in [1.54, 1.807) is 19.2 Å². The van der Waals surface area contributed by atoms with Crippen molar-refractivity contribution in [3.63, 3.8) is 0 Å². The number of methoxy groups -OCH3 is 1. The van der Waals surface area contributed by atoms with Crippen molar-refractivity contribution in [1.82, 2.24) is 0 Å². The Hall–Kier alpha value is -1.22. The van der Waals surface area contributed by atoms with Crippen molar-refractivity contribution in [2.24, 2.45) is 5.92 Å². The third-order valence-electron chi connectivity index (χ3n) is 3.57. The zero-order chi connectivity index (χ0) is 13.8. The monoisotopic (exact) mass is 282 g/mol. The smallest absolute Gasteiger partial charge is 0.172 e. The minimum atomic E-state index is 0.150. The summed E-state index contributed by atoms with van der Waals surface area (Å²) >= 11 is 5.95. The largest absolute Gasteiger partial charge is 0.493 e. The van der Waals surface area contributed by atoms with Gasteiger partial charge in [0.25, 0.3) is 0 Å². The van der Waals surface area contributed by atoms with Crippen molar-refractivity contribution in [2.45, 2.75) is 38.7 Å². The number of aldehydes is 1. The number of ether oxygens (including phenoxy) is 2. The molecule has 4 heteroatoms. The van der Waals surface area contributed by atoms with Crippen LogP contribution < -0.4 is 9.47 Å². The maximum atomic E-state index is 11.2. The van der Waals surface area contributed by atoms with Gasteiger partial charge in [-0.2, -0.15) is 0 Å². The number of benzene rings is 1. The van der Waals surface area contributed by atoms with Crippen molar-refractivity contribution in [1.29, 1.82) is 0 Å². The van der Waals surface area contributed by atoms with Crippen LogP contribution in [0, 0.1) is 5.92 Å². The summed E-state index contributed by atoms with van der Waals surface area (Å²) in [6, 6.07) is 3.29. The van der Waals surface area contributed by atoms with Gasteiger partial charge in [0.1, 0.15) is 0 Å². The summed E-state index contributed by atoms with van der Waals surface area (Å²) in [4.78, 5) is 11.2. The molecule has 0 aliphatic heterocycles. The van der Waals surface area contributed by atoms with Crippen LogP contribution in [-0.4, -0.2) is 19.5 Å². The minimum Gasteiger partial charge on any atom is -0.493 e. The molecule has 0 aromatic heterocycles. The van der Waals surface area contributed by atoms with Crippen LogP contribution in [0.1, 0.15) is 43.0 Å².